The van der Waals surface area contributed by atoms with Crippen LogP contribution in [0.15, 0.2) is 29.2 Å². The van der Waals surface area contributed by atoms with Crippen LogP contribution in [0.5, 0.6) is 5.75 Å². The number of ether oxygens (including phenoxy) is 1. The molecule has 2 aliphatic rings. The Hall–Kier alpha value is -3.38. The molecule has 1 N–H and O–H groups in total. The van der Waals surface area contributed by atoms with E-state index in [-0.39, 0.29) is 34.4 Å². The predicted octanol–water partition coefficient (Wildman–Crippen LogP) is 3.66. The van der Waals surface area contributed by atoms with Crippen molar-refractivity contribution in [2.24, 2.45) is 0 Å². The number of halogens is 2. The third kappa shape index (κ3) is 4.25. The van der Waals surface area contributed by atoms with E-state index in [0.29, 0.717) is 31.0 Å². The average molecular weight is 546 g/mol. The number of benzene rings is 1. The second-order valence-corrected chi connectivity index (χ2v) is 10.6. The van der Waals surface area contributed by atoms with Crippen LogP contribution in [0.25, 0.3) is 10.6 Å². The molecule has 0 atom stereocenters. The molecule has 0 unspecified atom stereocenters. The number of nitrogens with zero attached hydrogens (tertiary/aromatic N) is 5. The maximum absolute atomic E-state index is 14.1. The maximum Gasteiger partial charge on any atom is 0.278 e. The summed E-state index contributed by atoms with van der Waals surface area (Å²) in [5.74, 6) is -2.44. The molecule has 5 rings (SSSR count). The lowest BCUT2D eigenvalue weighted by molar-refractivity contribution is -0.0310. The zero-order valence-corrected chi connectivity index (χ0v) is 22.2. The van der Waals surface area contributed by atoms with Crippen molar-refractivity contribution in [3.63, 3.8) is 0 Å². The van der Waals surface area contributed by atoms with Crippen LogP contribution in [0, 0.1) is 11.6 Å². The number of aromatic hydroxyl groups is 1. The number of aromatic nitrogens is 3. The zero-order chi connectivity index (χ0) is 27.2. The quantitative estimate of drug-likeness (QED) is 0.505. The van der Waals surface area contributed by atoms with E-state index in [9.17, 15) is 23.5 Å². The minimum Gasteiger partial charge on any atom is -0.502 e. The molecule has 3 aromatic rings. The lowest BCUT2D eigenvalue weighted by Gasteiger charge is -2.56. The van der Waals surface area contributed by atoms with Crippen LogP contribution in [0.2, 0.25) is 0 Å². The lowest BCUT2D eigenvalue weighted by Crippen LogP contribution is -2.70. The molecule has 1 saturated carbocycles. The van der Waals surface area contributed by atoms with E-state index in [2.05, 4.69) is 10.2 Å². The maximum atomic E-state index is 14.1. The first kappa shape index (κ1) is 26.2. The number of pyridine rings is 1. The Morgan fingerprint density at radius 3 is 2.58 bits per heavy atom. The minimum atomic E-state index is -0.735. The summed E-state index contributed by atoms with van der Waals surface area (Å²) in [6.07, 6.45) is 4.59. The second-order valence-electron chi connectivity index (χ2n) is 9.54. The topological polar surface area (TPSA) is 101 Å². The average Bonchev–Trinajstić information content (AvgIpc) is 3.36. The first-order valence-corrected chi connectivity index (χ1v) is 13.4. The Morgan fingerprint density at radius 2 is 1.92 bits per heavy atom. The predicted molar refractivity (Wildman–Crippen MR) is 138 cm³/mol. The van der Waals surface area contributed by atoms with Crippen LogP contribution >= 0.6 is 11.3 Å². The number of fused-ring (bicyclic) bond motifs is 1. The molecule has 3 heterocycles. The summed E-state index contributed by atoms with van der Waals surface area (Å²) in [6, 6.07) is 3.30. The molecule has 1 spiro atoms. The first-order chi connectivity index (χ1) is 18.2. The number of rotatable bonds is 6. The monoisotopic (exact) mass is 545 g/mol. The van der Waals surface area contributed by atoms with Gasteiger partial charge in [-0.05, 0) is 51.2 Å². The highest BCUT2D eigenvalue weighted by Crippen LogP contribution is 2.41. The van der Waals surface area contributed by atoms with E-state index in [1.807, 2.05) is 25.9 Å². The van der Waals surface area contributed by atoms with Gasteiger partial charge in [-0.15, -0.1) is 10.2 Å². The number of amides is 1. The van der Waals surface area contributed by atoms with Crippen molar-refractivity contribution in [3.05, 3.63) is 62.5 Å². The largest absolute Gasteiger partial charge is 0.502 e. The molecule has 1 aliphatic carbocycles. The summed E-state index contributed by atoms with van der Waals surface area (Å²) in [5, 5.41) is 21.7. The van der Waals surface area contributed by atoms with Gasteiger partial charge >= 0.3 is 0 Å². The summed E-state index contributed by atoms with van der Waals surface area (Å²) in [6.45, 7) is 4.89. The van der Waals surface area contributed by atoms with E-state index < -0.39 is 34.4 Å². The standard InChI is InChI=1S/C26H29F2N5O4S/c1-4-32-25(36)21-23(35)22(34)18(14-33(21)31(3)26(32)10-8-17(9-11-26)37-5-2)24-30-29-20(38-24)12-15-6-7-16(27)13-19(15)28/h6-7,13-14,17,35H,4-5,8-12H2,1-3H3. The molecular formula is C26H29F2N5O4S. The van der Waals surface area contributed by atoms with Crippen LogP contribution in [0.4, 0.5) is 8.78 Å². The van der Waals surface area contributed by atoms with Gasteiger partial charge in [0.2, 0.25) is 5.43 Å². The van der Waals surface area contributed by atoms with E-state index in [1.165, 1.54) is 18.3 Å². The first-order valence-electron chi connectivity index (χ1n) is 12.6. The summed E-state index contributed by atoms with van der Waals surface area (Å²) in [4.78, 5) is 28.5. The van der Waals surface area contributed by atoms with Gasteiger partial charge in [0, 0.05) is 38.9 Å². The molecule has 1 fully saturated rings. The number of carbonyl (C=O) groups is 1. The summed E-state index contributed by atoms with van der Waals surface area (Å²) in [5.41, 5.74) is -1.15. The Kier molecular flexibility index (Phi) is 6.95. The fraction of sp³-hybridized carbons (Fsp3) is 0.462. The number of hydrogen-bond donors (Lipinski definition) is 1. The van der Waals surface area contributed by atoms with Gasteiger partial charge in [-0.25, -0.2) is 8.78 Å². The van der Waals surface area contributed by atoms with Crippen molar-refractivity contribution in [2.45, 2.75) is 57.7 Å². The van der Waals surface area contributed by atoms with Crippen LogP contribution in [-0.2, 0) is 11.2 Å². The smallest absolute Gasteiger partial charge is 0.278 e. The summed E-state index contributed by atoms with van der Waals surface area (Å²) in [7, 11) is 1.84. The SMILES string of the molecule is CCOC1CCC2(CC1)N(CC)C(=O)c1c(O)c(=O)c(-c3nnc(Cc4ccc(F)cc4F)s3)cn1N2C. The van der Waals surface area contributed by atoms with Crippen molar-refractivity contribution in [1.82, 2.24) is 19.8 Å². The molecule has 0 radical (unpaired) electrons. The molecule has 0 saturated heterocycles. The lowest BCUT2D eigenvalue weighted by atomic mass is 9.84. The van der Waals surface area contributed by atoms with E-state index in [0.717, 1.165) is 30.2 Å². The molecular weight excluding hydrogens is 516 g/mol. The molecule has 0 bridgehead atoms. The van der Waals surface area contributed by atoms with Gasteiger partial charge in [0.15, 0.2) is 16.5 Å². The van der Waals surface area contributed by atoms with Crippen molar-refractivity contribution in [2.75, 3.05) is 25.2 Å². The van der Waals surface area contributed by atoms with Gasteiger partial charge in [-0.1, -0.05) is 17.4 Å². The van der Waals surface area contributed by atoms with Crippen molar-refractivity contribution >= 4 is 17.2 Å². The van der Waals surface area contributed by atoms with Gasteiger partial charge in [0.05, 0.1) is 11.7 Å². The van der Waals surface area contributed by atoms with E-state index >= 15 is 0 Å². The van der Waals surface area contributed by atoms with Crippen LogP contribution < -0.4 is 10.4 Å². The van der Waals surface area contributed by atoms with Crippen LogP contribution in [0.1, 0.15) is 60.6 Å². The molecule has 1 aliphatic heterocycles. The highest BCUT2D eigenvalue weighted by Gasteiger charge is 2.51. The van der Waals surface area contributed by atoms with E-state index in [1.54, 1.807) is 9.58 Å². The van der Waals surface area contributed by atoms with Gasteiger partial charge in [0.1, 0.15) is 22.3 Å². The van der Waals surface area contributed by atoms with Crippen LogP contribution in [0.3, 0.4) is 0 Å². The second kappa shape index (κ2) is 10.1. The fourth-order valence-corrected chi connectivity index (χ4v) is 6.49. The minimum absolute atomic E-state index is 0.0655. The van der Waals surface area contributed by atoms with Crippen LogP contribution in [-0.4, -0.2) is 62.8 Å². The molecule has 9 nitrogen and oxygen atoms in total. The Bertz CT molecular complexity index is 1430. The van der Waals surface area contributed by atoms with Gasteiger partial charge < -0.3 is 14.7 Å². The molecule has 202 valence electrons. The Morgan fingerprint density at radius 1 is 1.18 bits per heavy atom. The molecule has 1 amide bonds. The fourth-order valence-electron chi connectivity index (χ4n) is 5.62. The number of carbonyl (C=O) groups excluding carboxylic acids is 1. The number of hydrogen-bond acceptors (Lipinski definition) is 8. The normalized spacial score (nSPS) is 21.3. The Labute approximate surface area is 222 Å². The molecule has 2 aromatic heterocycles. The highest BCUT2D eigenvalue weighted by atomic mass is 32.1. The molecule has 38 heavy (non-hydrogen) atoms. The van der Waals surface area contributed by atoms with Crippen molar-refractivity contribution in [3.8, 4) is 16.3 Å². The molecule has 1 aromatic carbocycles. The van der Waals surface area contributed by atoms with Gasteiger partial charge in [0.25, 0.3) is 5.91 Å². The zero-order valence-electron chi connectivity index (χ0n) is 21.4. The molecule has 12 heteroatoms. The van der Waals surface area contributed by atoms with Crippen molar-refractivity contribution in [1.29, 1.82) is 0 Å². The Balaban J connectivity index is 1.52. The van der Waals surface area contributed by atoms with Gasteiger partial charge in [-0.2, -0.15) is 0 Å². The highest BCUT2D eigenvalue weighted by molar-refractivity contribution is 7.14. The third-order valence-electron chi connectivity index (χ3n) is 7.55. The van der Waals surface area contributed by atoms with Gasteiger partial charge in [-0.3, -0.25) is 19.3 Å². The summed E-state index contributed by atoms with van der Waals surface area (Å²) < 4.78 is 34.8. The van der Waals surface area contributed by atoms with E-state index in [4.69, 9.17) is 4.74 Å². The van der Waals surface area contributed by atoms with Crippen molar-refractivity contribution < 1.29 is 23.4 Å². The summed E-state index contributed by atoms with van der Waals surface area (Å²) >= 11 is 1.07. The third-order valence-corrected chi connectivity index (χ3v) is 8.50.